The van der Waals surface area contributed by atoms with Gasteiger partial charge in [0, 0.05) is 13.1 Å². The normalized spacial score (nSPS) is 11.6. The van der Waals surface area contributed by atoms with Gasteiger partial charge >= 0.3 is 0 Å². The van der Waals surface area contributed by atoms with Crippen molar-refractivity contribution in [3.63, 3.8) is 0 Å². The second-order valence-electron chi connectivity index (χ2n) is 5.07. The SMILES string of the molecule is CCN(Cc1ccccc1)S(=O)(=O)c1cc(C)ccc1OC. The minimum atomic E-state index is -3.61. The lowest BCUT2D eigenvalue weighted by Gasteiger charge is -2.22. The lowest BCUT2D eigenvalue weighted by molar-refractivity contribution is 0.391. The maximum absolute atomic E-state index is 12.9. The van der Waals surface area contributed by atoms with E-state index in [0.29, 0.717) is 18.8 Å². The summed E-state index contributed by atoms with van der Waals surface area (Å²) in [6.45, 7) is 4.44. The van der Waals surface area contributed by atoms with E-state index < -0.39 is 10.0 Å². The van der Waals surface area contributed by atoms with Crippen molar-refractivity contribution >= 4 is 10.0 Å². The molecule has 0 aliphatic rings. The highest BCUT2D eigenvalue weighted by atomic mass is 32.2. The molecule has 0 bridgehead atoms. The van der Waals surface area contributed by atoms with Crippen molar-refractivity contribution in [2.75, 3.05) is 13.7 Å². The molecular formula is C17H21NO3S. The van der Waals surface area contributed by atoms with Crippen LogP contribution >= 0.6 is 0 Å². The molecule has 0 heterocycles. The van der Waals surface area contributed by atoms with E-state index in [2.05, 4.69) is 0 Å². The van der Waals surface area contributed by atoms with Gasteiger partial charge in [-0.25, -0.2) is 8.42 Å². The zero-order chi connectivity index (χ0) is 16.2. The third-order valence-corrected chi connectivity index (χ3v) is 5.43. The summed E-state index contributed by atoms with van der Waals surface area (Å²) in [6.07, 6.45) is 0. The average molecular weight is 319 g/mol. The predicted molar refractivity (Wildman–Crippen MR) is 87.4 cm³/mol. The van der Waals surface area contributed by atoms with Gasteiger partial charge in [-0.2, -0.15) is 4.31 Å². The molecule has 0 aliphatic carbocycles. The van der Waals surface area contributed by atoms with Gasteiger partial charge in [0.05, 0.1) is 7.11 Å². The zero-order valence-electron chi connectivity index (χ0n) is 13.1. The van der Waals surface area contributed by atoms with Crippen LogP contribution in [0.5, 0.6) is 5.75 Å². The Labute approximate surface area is 132 Å². The van der Waals surface area contributed by atoms with E-state index in [0.717, 1.165) is 11.1 Å². The summed E-state index contributed by atoms with van der Waals surface area (Å²) in [7, 11) is -2.12. The number of rotatable bonds is 6. The predicted octanol–water partition coefficient (Wildman–Crippen LogP) is 3.21. The molecule has 5 heteroatoms. The molecular weight excluding hydrogens is 298 g/mol. The third-order valence-electron chi connectivity index (χ3n) is 3.49. The first-order chi connectivity index (χ1) is 10.5. The summed E-state index contributed by atoms with van der Waals surface area (Å²) in [6, 6.07) is 14.8. The fraction of sp³-hybridized carbons (Fsp3) is 0.294. The lowest BCUT2D eigenvalue weighted by atomic mass is 10.2. The molecule has 0 aromatic heterocycles. The number of benzene rings is 2. The topological polar surface area (TPSA) is 46.6 Å². The van der Waals surface area contributed by atoms with E-state index in [4.69, 9.17) is 4.74 Å². The van der Waals surface area contributed by atoms with E-state index in [1.165, 1.54) is 11.4 Å². The standard InChI is InChI=1S/C17H21NO3S/c1-4-18(13-15-8-6-5-7-9-15)22(19,20)17-12-14(2)10-11-16(17)21-3/h5-12H,4,13H2,1-3H3. The Kier molecular flexibility index (Phi) is 5.21. The highest BCUT2D eigenvalue weighted by Gasteiger charge is 2.26. The number of sulfonamides is 1. The van der Waals surface area contributed by atoms with Gasteiger partial charge < -0.3 is 4.74 Å². The Morgan fingerprint density at radius 2 is 1.77 bits per heavy atom. The van der Waals surface area contributed by atoms with E-state index in [1.807, 2.05) is 50.2 Å². The quantitative estimate of drug-likeness (QED) is 0.821. The molecule has 0 fully saturated rings. The van der Waals surface area contributed by atoms with Gasteiger partial charge in [0.25, 0.3) is 0 Å². The van der Waals surface area contributed by atoms with Crippen LogP contribution in [0.15, 0.2) is 53.4 Å². The van der Waals surface area contributed by atoms with Gasteiger partial charge in [-0.15, -0.1) is 0 Å². The van der Waals surface area contributed by atoms with Crippen LogP contribution in [0.3, 0.4) is 0 Å². The average Bonchev–Trinajstić information content (AvgIpc) is 2.53. The van der Waals surface area contributed by atoms with Crippen molar-refractivity contribution in [3.05, 3.63) is 59.7 Å². The third kappa shape index (κ3) is 3.48. The molecule has 0 saturated heterocycles. The van der Waals surface area contributed by atoms with Crippen LogP contribution < -0.4 is 4.74 Å². The number of hydrogen-bond donors (Lipinski definition) is 0. The van der Waals surface area contributed by atoms with Crippen LogP contribution in [0.25, 0.3) is 0 Å². The summed E-state index contributed by atoms with van der Waals surface area (Å²) in [5, 5.41) is 0. The minimum absolute atomic E-state index is 0.216. The van der Waals surface area contributed by atoms with Gasteiger partial charge in [0.1, 0.15) is 10.6 Å². The van der Waals surface area contributed by atoms with Crippen LogP contribution in [0.1, 0.15) is 18.1 Å². The van der Waals surface area contributed by atoms with Crippen LogP contribution in [0, 0.1) is 6.92 Å². The summed E-state index contributed by atoms with van der Waals surface area (Å²) < 4.78 is 32.6. The van der Waals surface area contributed by atoms with Gasteiger partial charge in [-0.3, -0.25) is 0 Å². The summed E-state index contributed by atoms with van der Waals surface area (Å²) in [5.41, 5.74) is 1.84. The van der Waals surface area contributed by atoms with Gasteiger partial charge in [-0.05, 0) is 30.2 Å². The second-order valence-corrected chi connectivity index (χ2v) is 6.98. The van der Waals surface area contributed by atoms with Crippen molar-refractivity contribution in [1.29, 1.82) is 0 Å². The van der Waals surface area contributed by atoms with Gasteiger partial charge in [0.15, 0.2) is 0 Å². The summed E-state index contributed by atoms with van der Waals surface area (Å²) in [5.74, 6) is 0.372. The van der Waals surface area contributed by atoms with E-state index >= 15 is 0 Å². The molecule has 0 N–H and O–H groups in total. The van der Waals surface area contributed by atoms with Crippen molar-refractivity contribution in [2.24, 2.45) is 0 Å². The molecule has 118 valence electrons. The molecule has 0 aliphatic heterocycles. The van der Waals surface area contributed by atoms with Crippen molar-refractivity contribution in [2.45, 2.75) is 25.3 Å². The highest BCUT2D eigenvalue weighted by molar-refractivity contribution is 7.89. The Morgan fingerprint density at radius 3 is 2.36 bits per heavy atom. The molecule has 22 heavy (non-hydrogen) atoms. The Balaban J connectivity index is 2.41. The van der Waals surface area contributed by atoms with Crippen LogP contribution in [0.2, 0.25) is 0 Å². The molecule has 2 aromatic carbocycles. The van der Waals surface area contributed by atoms with E-state index in [1.54, 1.807) is 12.1 Å². The maximum Gasteiger partial charge on any atom is 0.247 e. The number of methoxy groups -OCH3 is 1. The molecule has 0 amide bonds. The smallest absolute Gasteiger partial charge is 0.247 e. The molecule has 2 rings (SSSR count). The van der Waals surface area contributed by atoms with Crippen LogP contribution in [0.4, 0.5) is 0 Å². The van der Waals surface area contributed by atoms with Crippen LogP contribution in [-0.2, 0) is 16.6 Å². The lowest BCUT2D eigenvalue weighted by Crippen LogP contribution is -2.30. The Bertz CT molecular complexity index is 727. The summed E-state index contributed by atoms with van der Waals surface area (Å²) in [4.78, 5) is 0.216. The van der Waals surface area contributed by atoms with Crippen molar-refractivity contribution < 1.29 is 13.2 Å². The fourth-order valence-corrected chi connectivity index (χ4v) is 3.96. The maximum atomic E-state index is 12.9. The van der Waals surface area contributed by atoms with Crippen LogP contribution in [-0.4, -0.2) is 26.4 Å². The molecule has 0 atom stereocenters. The molecule has 0 saturated carbocycles. The molecule has 4 nitrogen and oxygen atoms in total. The van der Waals surface area contributed by atoms with Crippen molar-refractivity contribution in [1.82, 2.24) is 4.31 Å². The summed E-state index contributed by atoms with van der Waals surface area (Å²) >= 11 is 0. The second kappa shape index (κ2) is 6.94. The first-order valence-electron chi connectivity index (χ1n) is 7.17. The van der Waals surface area contributed by atoms with E-state index in [9.17, 15) is 8.42 Å². The fourth-order valence-electron chi connectivity index (χ4n) is 2.28. The molecule has 2 aromatic rings. The minimum Gasteiger partial charge on any atom is -0.495 e. The highest BCUT2D eigenvalue weighted by Crippen LogP contribution is 2.28. The largest absolute Gasteiger partial charge is 0.495 e. The number of hydrogen-bond acceptors (Lipinski definition) is 3. The van der Waals surface area contributed by atoms with E-state index in [-0.39, 0.29) is 4.90 Å². The van der Waals surface area contributed by atoms with Gasteiger partial charge in [-0.1, -0.05) is 43.3 Å². The van der Waals surface area contributed by atoms with Gasteiger partial charge in [0.2, 0.25) is 10.0 Å². The molecule has 0 unspecified atom stereocenters. The zero-order valence-corrected chi connectivity index (χ0v) is 13.9. The Morgan fingerprint density at radius 1 is 1.09 bits per heavy atom. The first-order valence-corrected chi connectivity index (χ1v) is 8.61. The first kappa shape index (κ1) is 16.5. The number of aryl methyl sites for hydroxylation is 1. The number of ether oxygens (including phenoxy) is 1. The van der Waals surface area contributed by atoms with Crippen molar-refractivity contribution in [3.8, 4) is 5.75 Å². The Hall–Kier alpha value is -1.85. The number of nitrogens with zero attached hydrogens (tertiary/aromatic N) is 1. The monoisotopic (exact) mass is 319 g/mol. The molecule has 0 radical (unpaired) electrons. The molecule has 0 spiro atoms.